The third-order valence-electron chi connectivity index (χ3n) is 21.7. The van der Waals surface area contributed by atoms with Gasteiger partial charge in [0.05, 0.1) is 5.69 Å². The van der Waals surface area contributed by atoms with Crippen LogP contribution in [0.25, 0.3) is 88.7 Å². The standard InChI is InChI=1S/C93H84BN3O2/c1-89(2,3)60-34-41-64(42-35-60)95(65-43-36-61(37-44-65)90(4,5)6)67-47-48-68-71-52-73-79(55-76(71)93(13,14)75(68)51-67)97(66-45-38-62(39-46-66)91(7,8)9)94-77-56-83-74(84(58-28-20-16-21-29-58)87(99-83)59-30-22-17-23-31-59)54-80(77)96(78-49-40-63(92(10,11)12)50-70(78)57-26-18-15-19-27-57)81-53-72-69-32-24-25-33-82(69)98-88(72)85(73)86(81)94/h15-56H,1-14H3. The van der Waals surface area contributed by atoms with Gasteiger partial charge >= 0.3 is 6.85 Å². The molecule has 17 rings (SSSR count). The lowest BCUT2D eigenvalue weighted by atomic mass is 9.43. The van der Waals surface area contributed by atoms with Gasteiger partial charge in [0, 0.05) is 89.2 Å². The summed E-state index contributed by atoms with van der Waals surface area (Å²) in [5.41, 5.74) is 31.1. The number of hydrogen-bond donors (Lipinski definition) is 0. The van der Waals surface area contributed by atoms with E-state index in [2.05, 4.69) is 366 Å². The number of nitrogens with zero attached hydrogens (tertiary/aromatic N) is 3. The van der Waals surface area contributed by atoms with E-state index in [0.717, 1.165) is 129 Å². The zero-order chi connectivity index (χ0) is 68.4. The first-order valence-electron chi connectivity index (χ1n) is 35.3. The van der Waals surface area contributed by atoms with Gasteiger partial charge in [-0.2, -0.15) is 0 Å². The Balaban J connectivity index is 0.976. The van der Waals surface area contributed by atoms with Crippen LogP contribution < -0.4 is 25.5 Å². The summed E-state index contributed by atoms with van der Waals surface area (Å²) in [6.45, 7) is 32.1. The molecule has 3 aliphatic rings. The molecule has 6 heteroatoms. The molecule has 99 heavy (non-hydrogen) atoms. The maximum absolute atomic E-state index is 7.48. The quantitative estimate of drug-likeness (QED) is 0.142. The van der Waals surface area contributed by atoms with Gasteiger partial charge in [0.25, 0.3) is 0 Å². The number of rotatable bonds is 8. The molecule has 0 saturated heterocycles. The minimum absolute atomic E-state index is 0.0138. The molecule has 12 aromatic carbocycles. The molecule has 0 bridgehead atoms. The van der Waals surface area contributed by atoms with Crippen LogP contribution >= 0.6 is 0 Å². The first kappa shape index (κ1) is 62.0. The van der Waals surface area contributed by atoms with Gasteiger partial charge in [0.15, 0.2) is 0 Å². The number of anilines is 8. The van der Waals surface area contributed by atoms with Crippen LogP contribution in [0.5, 0.6) is 0 Å². The Morgan fingerprint density at radius 3 is 1.48 bits per heavy atom. The van der Waals surface area contributed by atoms with Gasteiger partial charge in [-0.05, 0) is 185 Å². The monoisotopic (exact) mass is 1290 g/mol. The lowest BCUT2D eigenvalue weighted by molar-refractivity contribution is 0.590. The topological polar surface area (TPSA) is 36.0 Å². The molecule has 1 aliphatic carbocycles. The Morgan fingerprint density at radius 1 is 0.354 bits per heavy atom. The highest BCUT2D eigenvalue weighted by molar-refractivity contribution is 6.94. The number of fused-ring (bicyclic) bond motifs is 12. The summed E-state index contributed by atoms with van der Waals surface area (Å²) in [7, 11) is 0. The normalized spacial score (nSPS) is 14.0. The summed E-state index contributed by atoms with van der Waals surface area (Å²) in [6.07, 6.45) is 0. The van der Waals surface area contributed by atoms with Crippen molar-refractivity contribution in [3.05, 3.63) is 288 Å². The van der Waals surface area contributed by atoms with Crippen molar-refractivity contribution in [2.75, 3.05) is 14.6 Å². The third kappa shape index (κ3) is 10.0. The van der Waals surface area contributed by atoms with Crippen molar-refractivity contribution in [3.63, 3.8) is 0 Å². The summed E-state index contributed by atoms with van der Waals surface area (Å²) in [6, 6.07) is 96.0. The average molecular weight is 1290 g/mol. The third-order valence-corrected chi connectivity index (χ3v) is 21.7. The second kappa shape index (κ2) is 22.2. The second-order valence-electron chi connectivity index (χ2n) is 32.6. The van der Waals surface area contributed by atoms with Crippen LogP contribution in [-0.2, 0) is 27.1 Å². The van der Waals surface area contributed by atoms with Crippen molar-refractivity contribution >= 4 is 96.2 Å². The lowest BCUT2D eigenvalue weighted by Gasteiger charge is -2.46. The molecule has 0 saturated carbocycles. The van der Waals surface area contributed by atoms with E-state index in [1.54, 1.807) is 0 Å². The molecule has 486 valence electrons. The Kier molecular flexibility index (Phi) is 13.9. The molecule has 4 heterocycles. The molecule has 0 N–H and O–H groups in total. The van der Waals surface area contributed by atoms with Gasteiger partial charge in [0.2, 0.25) is 0 Å². The summed E-state index contributed by atoms with van der Waals surface area (Å²) in [5.74, 6) is 0.844. The molecule has 0 radical (unpaired) electrons. The first-order valence-corrected chi connectivity index (χ1v) is 35.3. The van der Waals surface area contributed by atoms with Crippen LogP contribution in [-0.4, -0.2) is 6.85 Å². The molecular formula is C93H84BN3O2. The number of benzene rings is 12. The van der Waals surface area contributed by atoms with Crippen molar-refractivity contribution in [1.82, 2.24) is 0 Å². The zero-order valence-electron chi connectivity index (χ0n) is 59.5. The average Bonchev–Trinajstić information content (AvgIpc) is 1.67. The van der Waals surface area contributed by atoms with Crippen molar-refractivity contribution in [2.24, 2.45) is 0 Å². The Bertz CT molecular complexity index is 5480. The van der Waals surface area contributed by atoms with E-state index in [4.69, 9.17) is 8.83 Å². The molecule has 5 nitrogen and oxygen atoms in total. The van der Waals surface area contributed by atoms with Gasteiger partial charge in [-0.1, -0.05) is 255 Å². The molecule has 2 aliphatic heterocycles. The largest absolute Gasteiger partial charge is 0.455 e. The fraction of sp³-hybridized carbons (Fsp3) is 0.204. The highest BCUT2D eigenvalue weighted by Crippen LogP contribution is 2.59. The van der Waals surface area contributed by atoms with Crippen molar-refractivity contribution in [3.8, 4) is 55.8 Å². The van der Waals surface area contributed by atoms with Gasteiger partial charge in [-0.25, -0.2) is 0 Å². The van der Waals surface area contributed by atoms with Crippen LogP contribution in [0.15, 0.2) is 264 Å². The first-order chi connectivity index (χ1) is 47.4. The summed E-state index contributed by atoms with van der Waals surface area (Å²) >= 11 is 0. The van der Waals surface area contributed by atoms with Crippen molar-refractivity contribution in [1.29, 1.82) is 0 Å². The second-order valence-corrected chi connectivity index (χ2v) is 32.6. The molecule has 0 fully saturated rings. The highest BCUT2D eigenvalue weighted by Gasteiger charge is 2.49. The zero-order valence-corrected chi connectivity index (χ0v) is 59.5. The molecular weight excluding hydrogens is 1200 g/mol. The number of para-hydroxylation sites is 1. The summed E-state index contributed by atoms with van der Waals surface area (Å²) < 4.78 is 15.0. The maximum Gasteiger partial charge on any atom is 0.333 e. The van der Waals surface area contributed by atoms with Crippen LogP contribution in [0, 0.1) is 0 Å². The smallest absolute Gasteiger partial charge is 0.333 e. The van der Waals surface area contributed by atoms with Crippen molar-refractivity contribution in [2.45, 2.75) is 124 Å². The van der Waals surface area contributed by atoms with E-state index in [1.165, 1.54) is 50.0 Å². The minimum atomic E-state index is -0.428. The van der Waals surface area contributed by atoms with Crippen LogP contribution in [0.3, 0.4) is 0 Å². The van der Waals surface area contributed by atoms with Gasteiger partial charge in [0.1, 0.15) is 22.5 Å². The van der Waals surface area contributed by atoms with Crippen molar-refractivity contribution < 1.29 is 8.83 Å². The molecule has 0 unspecified atom stereocenters. The summed E-state index contributed by atoms with van der Waals surface area (Å²) in [4.78, 5) is 7.74. The van der Waals surface area contributed by atoms with Crippen LogP contribution in [0.1, 0.15) is 130 Å². The number of furan rings is 2. The molecule has 0 amide bonds. The van der Waals surface area contributed by atoms with Gasteiger partial charge < -0.3 is 23.4 Å². The molecule has 0 spiro atoms. The predicted molar refractivity (Wildman–Crippen MR) is 421 cm³/mol. The SMILES string of the molecule is CC(C)(C)c1ccc(N2B3c4cc5oc(-c6ccccc6)c(-c6ccccc6)c5cc4N(c4ccc(C(C)(C)C)cc4-c4ccccc4)c4cc5c(oc6ccccc65)c(c43)-c3cc4c(cc32)C(C)(C)c2cc(N(c3ccc(C(C)(C)C)cc3)c3ccc(C(C)(C)C)cc3)ccc2-4)cc1. The Hall–Kier alpha value is -10.6. The highest BCUT2D eigenvalue weighted by atomic mass is 16.3. The molecule has 14 aromatic rings. The fourth-order valence-electron chi connectivity index (χ4n) is 16.2. The predicted octanol–water partition coefficient (Wildman–Crippen LogP) is 25.0. The van der Waals surface area contributed by atoms with Gasteiger partial charge in [-0.3, -0.25) is 0 Å². The summed E-state index contributed by atoms with van der Waals surface area (Å²) in [5, 5.41) is 3.20. The van der Waals surface area contributed by atoms with E-state index < -0.39 is 5.41 Å². The van der Waals surface area contributed by atoms with Crippen LogP contribution in [0.2, 0.25) is 0 Å². The van der Waals surface area contributed by atoms with Crippen LogP contribution in [0.4, 0.5) is 45.5 Å². The molecule has 0 atom stereocenters. The Morgan fingerprint density at radius 2 is 0.879 bits per heavy atom. The van der Waals surface area contributed by atoms with E-state index in [0.29, 0.717) is 0 Å². The van der Waals surface area contributed by atoms with E-state index >= 15 is 0 Å². The van der Waals surface area contributed by atoms with E-state index in [1.807, 2.05) is 0 Å². The number of hydrogen-bond acceptors (Lipinski definition) is 5. The van der Waals surface area contributed by atoms with Gasteiger partial charge in [-0.15, -0.1) is 0 Å². The fourth-order valence-corrected chi connectivity index (χ4v) is 16.2. The maximum atomic E-state index is 7.48. The van der Waals surface area contributed by atoms with E-state index in [-0.39, 0.29) is 28.5 Å². The lowest BCUT2D eigenvalue weighted by Crippen LogP contribution is -2.61. The Labute approximate surface area is 584 Å². The minimum Gasteiger partial charge on any atom is -0.455 e. The molecule has 2 aromatic heterocycles. The van der Waals surface area contributed by atoms with E-state index in [9.17, 15) is 0 Å².